The Morgan fingerprint density at radius 2 is 1.53 bits per heavy atom. The van der Waals surface area contributed by atoms with Crippen LogP contribution in [0.1, 0.15) is 17.9 Å². The number of hydrogen-bond acceptors (Lipinski definition) is 4. The number of anilines is 2. The summed E-state index contributed by atoms with van der Waals surface area (Å²) in [5.74, 6) is 0.350. The number of para-hydroxylation sites is 2. The maximum atomic E-state index is 6.55. The number of furan rings is 1. The van der Waals surface area contributed by atoms with Crippen LogP contribution in [0.5, 0.6) is 0 Å². The van der Waals surface area contributed by atoms with Crippen molar-refractivity contribution in [3.8, 4) is 0 Å². The summed E-state index contributed by atoms with van der Waals surface area (Å²) in [7, 11) is 0. The highest BCUT2D eigenvalue weighted by atomic mass is 32.1. The Labute approximate surface area is 252 Å². The Hall–Kier alpha value is -5.19. The predicted molar refractivity (Wildman–Crippen MR) is 182 cm³/mol. The molecular weight excluding hydrogens is 545 g/mol. The monoisotopic (exact) mass is 570 g/mol. The minimum Gasteiger partial charge on any atom is -0.454 e. The van der Waals surface area contributed by atoms with Gasteiger partial charge in [-0.2, -0.15) is 0 Å². The summed E-state index contributed by atoms with van der Waals surface area (Å²) in [6.07, 6.45) is 9.87. The minimum atomic E-state index is 0.350. The number of aromatic nitrogens is 1. The zero-order chi connectivity index (χ0) is 28.3. The second kappa shape index (κ2) is 9.69. The first kappa shape index (κ1) is 24.4. The van der Waals surface area contributed by atoms with Crippen LogP contribution in [0.25, 0.3) is 53.0 Å². The van der Waals surface area contributed by atoms with E-state index in [2.05, 4.69) is 126 Å². The van der Waals surface area contributed by atoms with Crippen LogP contribution < -0.4 is 4.90 Å². The highest BCUT2D eigenvalue weighted by Crippen LogP contribution is 2.44. The van der Waals surface area contributed by atoms with Gasteiger partial charge in [0.05, 0.1) is 17.6 Å². The van der Waals surface area contributed by atoms with Crippen LogP contribution in [0.2, 0.25) is 0 Å². The highest BCUT2D eigenvalue weighted by molar-refractivity contribution is 7.26. The molecule has 3 aromatic heterocycles. The summed E-state index contributed by atoms with van der Waals surface area (Å²) in [4.78, 5) is 8.42. The molecule has 4 heteroatoms. The molecule has 0 N–H and O–H groups in total. The molecule has 3 heterocycles. The van der Waals surface area contributed by atoms with E-state index in [0.717, 1.165) is 50.3 Å². The summed E-state index contributed by atoms with van der Waals surface area (Å²) in [5, 5.41) is 7.19. The molecule has 0 fully saturated rings. The smallest absolute Gasteiger partial charge is 0.159 e. The molecule has 1 aliphatic carbocycles. The van der Waals surface area contributed by atoms with Crippen LogP contribution in [0.15, 0.2) is 150 Å². The van der Waals surface area contributed by atoms with Gasteiger partial charge in [0.1, 0.15) is 10.4 Å². The molecule has 0 saturated heterocycles. The van der Waals surface area contributed by atoms with E-state index in [-0.39, 0.29) is 0 Å². The van der Waals surface area contributed by atoms with Crippen LogP contribution in [-0.4, -0.2) is 4.98 Å². The molecule has 0 saturated carbocycles. The van der Waals surface area contributed by atoms with Gasteiger partial charge in [0, 0.05) is 37.9 Å². The number of nitrogens with zero attached hydrogens (tertiary/aromatic N) is 2. The van der Waals surface area contributed by atoms with E-state index in [1.54, 1.807) is 11.3 Å². The van der Waals surface area contributed by atoms with Crippen LogP contribution in [0, 0.1) is 0 Å². The highest BCUT2D eigenvalue weighted by Gasteiger charge is 2.23. The molecule has 8 aromatic rings. The Morgan fingerprint density at radius 1 is 0.721 bits per heavy atom. The van der Waals surface area contributed by atoms with E-state index in [4.69, 9.17) is 9.40 Å². The number of rotatable bonds is 4. The molecule has 1 atom stereocenters. The van der Waals surface area contributed by atoms with Crippen molar-refractivity contribution >= 4 is 75.7 Å². The molecule has 5 aromatic carbocycles. The van der Waals surface area contributed by atoms with Gasteiger partial charge in [-0.15, -0.1) is 11.3 Å². The molecule has 1 unspecified atom stereocenters. The van der Waals surface area contributed by atoms with Crippen LogP contribution >= 0.6 is 11.3 Å². The van der Waals surface area contributed by atoms with Crippen molar-refractivity contribution < 1.29 is 4.42 Å². The normalized spacial score (nSPS) is 15.2. The SMILES string of the molecule is C1=CC(c2ccccc2)CC=C1N(c1cnc2sc3c4ccccc4ccc3c2c1)c1cccc2c1oc1ccccc12. The molecule has 9 rings (SSSR count). The van der Waals surface area contributed by atoms with Crippen molar-refractivity contribution in [2.75, 3.05) is 4.90 Å². The lowest BCUT2D eigenvalue weighted by Crippen LogP contribution is -2.17. The first-order valence-corrected chi connectivity index (χ1v) is 15.5. The van der Waals surface area contributed by atoms with E-state index < -0.39 is 0 Å². The second-order valence-corrected chi connectivity index (χ2v) is 12.1. The number of pyridine rings is 1. The fourth-order valence-electron chi connectivity index (χ4n) is 6.56. The van der Waals surface area contributed by atoms with Gasteiger partial charge >= 0.3 is 0 Å². The predicted octanol–water partition coefficient (Wildman–Crippen LogP) is 11.3. The van der Waals surface area contributed by atoms with E-state index in [1.807, 2.05) is 18.3 Å². The number of thiophene rings is 1. The Bertz CT molecular complexity index is 2400. The summed E-state index contributed by atoms with van der Waals surface area (Å²) in [6.45, 7) is 0. The van der Waals surface area contributed by atoms with E-state index in [9.17, 15) is 0 Å². The number of fused-ring (bicyclic) bond motifs is 8. The molecule has 0 spiro atoms. The van der Waals surface area contributed by atoms with Crippen molar-refractivity contribution in [3.63, 3.8) is 0 Å². The average molecular weight is 571 g/mol. The summed E-state index contributed by atoms with van der Waals surface area (Å²) in [6, 6.07) is 40.8. The number of hydrogen-bond donors (Lipinski definition) is 0. The van der Waals surface area contributed by atoms with Gasteiger partial charge in [0.25, 0.3) is 0 Å². The van der Waals surface area contributed by atoms with E-state index in [1.165, 1.54) is 31.8 Å². The third kappa shape index (κ3) is 3.91. The fraction of sp³-hybridized carbons (Fsp3) is 0.0513. The van der Waals surface area contributed by atoms with E-state index >= 15 is 0 Å². The van der Waals surface area contributed by atoms with Crippen molar-refractivity contribution in [2.45, 2.75) is 12.3 Å². The third-order valence-corrected chi connectivity index (χ3v) is 9.82. The third-order valence-electron chi connectivity index (χ3n) is 8.65. The van der Waals surface area contributed by atoms with Gasteiger partial charge < -0.3 is 9.32 Å². The first-order chi connectivity index (χ1) is 21.3. The first-order valence-electron chi connectivity index (χ1n) is 14.7. The lowest BCUT2D eigenvalue weighted by Gasteiger charge is -2.29. The lowest BCUT2D eigenvalue weighted by molar-refractivity contribution is 0.668. The molecule has 204 valence electrons. The Morgan fingerprint density at radius 3 is 2.42 bits per heavy atom. The number of allylic oxidation sites excluding steroid dienone is 3. The average Bonchev–Trinajstić information content (AvgIpc) is 3.65. The van der Waals surface area contributed by atoms with Gasteiger partial charge in [-0.05, 0) is 47.0 Å². The molecule has 0 radical (unpaired) electrons. The van der Waals surface area contributed by atoms with Crippen LogP contribution in [-0.2, 0) is 0 Å². The quantitative estimate of drug-likeness (QED) is 0.211. The number of benzene rings is 5. The van der Waals surface area contributed by atoms with Crippen LogP contribution in [0.4, 0.5) is 11.4 Å². The molecular formula is C39H26N2OS. The molecule has 0 bridgehead atoms. The molecule has 3 nitrogen and oxygen atoms in total. The van der Waals surface area contributed by atoms with Gasteiger partial charge in [0.2, 0.25) is 0 Å². The maximum absolute atomic E-state index is 6.55. The van der Waals surface area contributed by atoms with Crippen molar-refractivity contribution in [1.29, 1.82) is 0 Å². The van der Waals surface area contributed by atoms with Crippen molar-refractivity contribution in [2.24, 2.45) is 0 Å². The van der Waals surface area contributed by atoms with Crippen LogP contribution in [0.3, 0.4) is 0 Å². The lowest BCUT2D eigenvalue weighted by atomic mass is 9.91. The fourth-order valence-corrected chi connectivity index (χ4v) is 7.72. The standard InChI is InChI=1S/C39H26N2OS/c1-2-9-25(10-3-1)26-17-20-28(21-18-26)41(35-15-8-14-32-31-13-6-7-16-36(31)42-37(32)35)29-23-34-33-22-19-27-11-4-5-12-30(27)38(33)43-39(34)40-24-29/h1-17,19-24,26H,18H2. The summed E-state index contributed by atoms with van der Waals surface area (Å²) >= 11 is 1.77. The molecule has 0 aliphatic heterocycles. The van der Waals surface area contributed by atoms with Crippen molar-refractivity contribution in [1.82, 2.24) is 4.98 Å². The zero-order valence-electron chi connectivity index (χ0n) is 23.3. The van der Waals surface area contributed by atoms with Gasteiger partial charge in [-0.3, -0.25) is 0 Å². The summed E-state index contributed by atoms with van der Waals surface area (Å²) in [5.41, 5.74) is 6.25. The second-order valence-electron chi connectivity index (χ2n) is 11.1. The van der Waals surface area contributed by atoms with Gasteiger partial charge in [-0.25, -0.2) is 4.98 Å². The molecule has 43 heavy (non-hydrogen) atoms. The Kier molecular flexibility index (Phi) is 5.50. The van der Waals surface area contributed by atoms with Crippen molar-refractivity contribution in [3.05, 3.63) is 151 Å². The Balaban J connectivity index is 1.25. The molecule has 0 amide bonds. The largest absolute Gasteiger partial charge is 0.454 e. The van der Waals surface area contributed by atoms with Gasteiger partial charge in [0.15, 0.2) is 5.58 Å². The van der Waals surface area contributed by atoms with Gasteiger partial charge in [-0.1, -0.05) is 109 Å². The minimum absolute atomic E-state index is 0.350. The topological polar surface area (TPSA) is 29.3 Å². The zero-order valence-corrected chi connectivity index (χ0v) is 24.1. The molecule has 1 aliphatic rings. The van der Waals surface area contributed by atoms with E-state index in [0.29, 0.717) is 5.92 Å². The maximum Gasteiger partial charge on any atom is 0.159 e. The summed E-state index contributed by atoms with van der Waals surface area (Å²) < 4.78 is 7.83.